The average molecular weight is 787 g/mol. The van der Waals surface area contributed by atoms with Gasteiger partial charge in [-0.05, 0) is 154 Å². The maximum Gasteiger partial charge on any atom is 0.407 e. The highest BCUT2D eigenvalue weighted by molar-refractivity contribution is 5.68. The third kappa shape index (κ3) is 29.8. The minimum absolute atomic E-state index is 0.171. The predicted octanol–water partition coefficient (Wildman–Crippen LogP) is 6.66. The topological polar surface area (TPSA) is 144 Å². The standard InChI is InChI=1S/C13H26N2O2.C9H19NO.C8H18N2.C8H17N.C4H10.C2H8N2/c1-12(2,3)15-8-7-10(9-15)14-11(16)17-13(4,5)6;1-9(2,3)10-6-4-5-8(10)7-11;1-8(2,3)10-7-4-5-9-6-7;1-7-5-9(6-7)8(2,3)4;1-4(2)3;3-1-2-4/h10H,7-9H2,1-6H3,(H,14,16);8,11H,4-7H2,1-3H3;7,9-10H,4-6H2,1-3H3;7H,5-6H2,1-4H3;4H,1-3H3;1-4H2/t;8-;;;;/m.1..../s1. The molecule has 55 heavy (non-hydrogen) atoms. The number of rotatable bonds is 4. The molecule has 4 saturated heterocycles. The number of aliphatic hydroxyl groups is 1. The Morgan fingerprint density at radius 1 is 0.764 bits per heavy atom. The number of ether oxygens (including phenoxy) is 1. The highest BCUT2D eigenvalue weighted by Gasteiger charge is 2.33. The van der Waals surface area contributed by atoms with Gasteiger partial charge in [0.15, 0.2) is 0 Å². The van der Waals surface area contributed by atoms with E-state index in [1.807, 2.05) is 20.8 Å². The largest absolute Gasteiger partial charge is 0.444 e. The Labute approximate surface area is 342 Å². The van der Waals surface area contributed by atoms with Crippen molar-refractivity contribution in [3.05, 3.63) is 0 Å². The molecule has 3 atom stereocenters. The van der Waals surface area contributed by atoms with E-state index in [2.05, 4.69) is 141 Å². The molecule has 4 aliphatic heterocycles. The van der Waals surface area contributed by atoms with E-state index in [-0.39, 0.29) is 28.8 Å². The smallest absolute Gasteiger partial charge is 0.407 e. The predicted molar refractivity (Wildman–Crippen MR) is 239 cm³/mol. The molecule has 0 saturated carbocycles. The zero-order chi connectivity index (χ0) is 43.4. The lowest BCUT2D eigenvalue weighted by Crippen LogP contribution is -2.54. The Hall–Kier alpha value is -1.05. The van der Waals surface area contributed by atoms with Crippen LogP contribution in [0.1, 0.15) is 157 Å². The van der Waals surface area contributed by atoms with E-state index in [9.17, 15) is 4.79 Å². The minimum atomic E-state index is -0.424. The molecule has 0 spiro atoms. The lowest BCUT2D eigenvalue weighted by molar-refractivity contribution is 0.0224. The van der Waals surface area contributed by atoms with Crippen LogP contribution in [0.2, 0.25) is 0 Å². The molecule has 4 rings (SSSR count). The van der Waals surface area contributed by atoms with E-state index in [1.165, 1.54) is 32.5 Å². The normalized spacial score (nSPS) is 22.6. The lowest BCUT2D eigenvalue weighted by Gasteiger charge is -2.46. The van der Waals surface area contributed by atoms with Crippen molar-refractivity contribution in [3.63, 3.8) is 0 Å². The molecule has 11 heteroatoms. The number of nitrogens with two attached hydrogens (primary N) is 2. The van der Waals surface area contributed by atoms with Crippen LogP contribution >= 0.6 is 0 Å². The van der Waals surface area contributed by atoms with E-state index in [0.29, 0.717) is 37.3 Å². The molecular weight excluding hydrogens is 689 g/mol. The summed E-state index contributed by atoms with van der Waals surface area (Å²) in [7, 11) is 0. The van der Waals surface area contributed by atoms with E-state index in [0.717, 1.165) is 50.9 Å². The van der Waals surface area contributed by atoms with Gasteiger partial charge in [-0.15, -0.1) is 0 Å². The first-order valence-electron chi connectivity index (χ1n) is 21.6. The Kier molecular flexibility index (Phi) is 26.6. The fourth-order valence-corrected chi connectivity index (χ4v) is 6.51. The van der Waals surface area contributed by atoms with Crippen molar-refractivity contribution in [2.24, 2.45) is 23.3 Å². The molecule has 2 unspecified atom stereocenters. The summed E-state index contributed by atoms with van der Waals surface area (Å²) in [6, 6.07) is 1.32. The summed E-state index contributed by atoms with van der Waals surface area (Å²) in [5.41, 5.74) is 10.5. The van der Waals surface area contributed by atoms with Crippen LogP contribution in [0.25, 0.3) is 0 Å². The van der Waals surface area contributed by atoms with Gasteiger partial charge in [-0.25, -0.2) is 4.79 Å². The van der Waals surface area contributed by atoms with Crippen LogP contribution in [0, 0.1) is 11.8 Å². The van der Waals surface area contributed by atoms with Crippen LogP contribution in [0.5, 0.6) is 0 Å². The first-order chi connectivity index (χ1) is 24.9. The summed E-state index contributed by atoms with van der Waals surface area (Å²) in [5.74, 6) is 1.77. The highest BCUT2D eigenvalue weighted by atomic mass is 16.6. The van der Waals surface area contributed by atoms with Crippen LogP contribution < -0.4 is 27.4 Å². The van der Waals surface area contributed by atoms with Crippen molar-refractivity contribution in [2.75, 3.05) is 65.5 Å². The molecule has 4 heterocycles. The fourth-order valence-electron chi connectivity index (χ4n) is 6.51. The molecule has 1 amide bonds. The maximum absolute atomic E-state index is 11.6. The molecule has 0 aromatic heterocycles. The molecule has 0 aromatic rings. The number of nitrogens with zero attached hydrogens (tertiary/aromatic N) is 3. The van der Waals surface area contributed by atoms with Crippen molar-refractivity contribution in [3.8, 4) is 0 Å². The highest BCUT2D eigenvalue weighted by Crippen LogP contribution is 2.26. The molecule has 4 fully saturated rings. The number of likely N-dealkylation sites (tertiary alicyclic amines) is 3. The zero-order valence-corrected chi connectivity index (χ0v) is 40.0. The molecule has 0 aliphatic carbocycles. The fraction of sp³-hybridized carbons (Fsp3) is 0.977. The molecule has 11 nitrogen and oxygen atoms in total. The minimum Gasteiger partial charge on any atom is -0.444 e. The second kappa shape index (κ2) is 26.1. The Morgan fingerprint density at radius 2 is 1.27 bits per heavy atom. The Balaban J connectivity index is 0. The van der Waals surface area contributed by atoms with Gasteiger partial charge < -0.3 is 37.3 Å². The number of amides is 1. The number of alkyl carbamates (subject to hydrolysis) is 1. The van der Waals surface area contributed by atoms with Gasteiger partial charge in [0.25, 0.3) is 0 Å². The Bertz CT molecular complexity index is 959. The Morgan fingerprint density at radius 3 is 1.56 bits per heavy atom. The number of carbonyl (C=O) groups is 1. The lowest BCUT2D eigenvalue weighted by atomic mass is 9.94. The summed E-state index contributed by atoms with van der Waals surface area (Å²) in [4.78, 5) is 18.9. The SMILES string of the molecule is CC(C)(C)N1CCC[C@@H]1CO.CC(C)(C)NC1CCNC1.CC(C)(C)OC(=O)NC1CCN(C(C)(C)C)C1.CC(C)C.CC1CN(C(C)(C)C)C1.NCCN. The summed E-state index contributed by atoms with van der Waals surface area (Å²) >= 11 is 0. The molecule has 0 radical (unpaired) electrons. The first-order valence-corrected chi connectivity index (χ1v) is 21.6. The van der Waals surface area contributed by atoms with Crippen molar-refractivity contribution >= 4 is 6.09 Å². The van der Waals surface area contributed by atoms with Gasteiger partial charge in [-0.3, -0.25) is 14.7 Å². The third-order valence-electron chi connectivity index (χ3n) is 9.18. The number of hydrogen-bond acceptors (Lipinski definition) is 10. The van der Waals surface area contributed by atoms with Gasteiger partial charge in [-0.1, -0.05) is 27.7 Å². The summed E-state index contributed by atoms with van der Waals surface area (Å²) in [6.07, 6.45) is 4.36. The van der Waals surface area contributed by atoms with Crippen molar-refractivity contribution < 1.29 is 14.6 Å². The van der Waals surface area contributed by atoms with Crippen LogP contribution in [0.3, 0.4) is 0 Å². The first kappa shape index (κ1) is 56.0. The van der Waals surface area contributed by atoms with Crippen LogP contribution in [0.15, 0.2) is 0 Å². The van der Waals surface area contributed by atoms with Gasteiger partial charge in [0.2, 0.25) is 0 Å². The van der Waals surface area contributed by atoms with E-state index in [1.54, 1.807) is 0 Å². The van der Waals surface area contributed by atoms with Crippen LogP contribution in [0.4, 0.5) is 4.79 Å². The molecular formula is C44H98N8O3. The van der Waals surface area contributed by atoms with Gasteiger partial charge >= 0.3 is 6.09 Å². The van der Waals surface area contributed by atoms with Gasteiger partial charge in [0.05, 0.1) is 6.61 Å². The second-order valence-corrected chi connectivity index (χ2v) is 21.7. The summed E-state index contributed by atoms with van der Waals surface area (Å²) in [5, 5.41) is 18.9. The number of nitrogens with one attached hydrogen (secondary N) is 3. The van der Waals surface area contributed by atoms with Gasteiger partial charge in [0.1, 0.15) is 5.60 Å². The third-order valence-corrected chi connectivity index (χ3v) is 9.18. The molecule has 0 aromatic carbocycles. The average Bonchev–Trinajstić information content (AvgIpc) is 3.76. The van der Waals surface area contributed by atoms with Crippen molar-refractivity contribution in [1.82, 2.24) is 30.7 Å². The molecule has 332 valence electrons. The number of hydrogen-bond donors (Lipinski definition) is 6. The number of carbonyl (C=O) groups excluding carboxylic acids is 1. The second-order valence-electron chi connectivity index (χ2n) is 21.7. The van der Waals surface area contributed by atoms with Crippen molar-refractivity contribution in [1.29, 1.82) is 0 Å². The molecule has 4 aliphatic rings. The molecule has 8 N–H and O–H groups in total. The molecule has 0 bridgehead atoms. The van der Waals surface area contributed by atoms with E-state index < -0.39 is 5.60 Å². The van der Waals surface area contributed by atoms with E-state index >= 15 is 0 Å². The number of aliphatic hydroxyl groups excluding tert-OH is 1. The van der Waals surface area contributed by atoms with Crippen molar-refractivity contribution in [2.45, 2.75) is 203 Å². The zero-order valence-electron chi connectivity index (χ0n) is 40.0. The summed E-state index contributed by atoms with van der Waals surface area (Å²) < 4.78 is 5.25. The van der Waals surface area contributed by atoms with Crippen LogP contribution in [-0.4, -0.2) is 137 Å². The van der Waals surface area contributed by atoms with Gasteiger partial charge in [-0.2, -0.15) is 0 Å². The maximum atomic E-state index is 11.6. The quantitative estimate of drug-likeness (QED) is 0.183. The summed E-state index contributed by atoms with van der Waals surface area (Å²) in [6.45, 7) is 50.6. The van der Waals surface area contributed by atoms with Gasteiger partial charge in [0, 0.05) is 86.1 Å². The van der Waals surface area contributed by atoms with Crippen LogP contribution in [-0.2, 0) is 4.74 Å². The monoisotopic (exact) mass is 787 g/mol. The van der Waals surface area contributed by atoms with E-state index in [4.69, 9.17) is 21.3 Å².